The number of rotatable bonds is 3. The van der Waals surface area contributed by atoms with Gasteiger partial charge >= 0.3 is 64.9 Å². The quantitative estimate of drug-likeness (QED) is 0.202. The number of fused-ring (bicyclic) bond motifs is 3. The summed E-state index contributed by atoms with van der Waals surface area (Å²) in [6.07, 6.45) is 1.49. The fourth-order valence-electron chi connectivity index (χ4n) is 5.85. The topological polar surface area (TPSA) is 52.1 Å². The predicted octanol–water partition coefficient (Wildman–Crippen LogP) is 9.01. The van der Waals surface area contributed by atoms with Crippen molar-refractivity contribution in [3.05, 3.63) is 74.6 Å². The van der Waals surface area contributed by atoms with E-state index in [2.05, 4.69) is 143 Å². The fourth-order valence-corrected chi connectivity index (χ4v) is 5.85. The summed E-state index contributed by atoms with van der Waals surface area (Å²) < 4.78 is 0. The monoisotopic (exact) mass is 887 g/mol. The van der Waals surface area contributed by atoms with Crippen molar-refractivity contribution in [3.8, 4) is 0 Å². The number of aliphatic hydroxyl groups is 1. The van der Waals surface area contributed by atoms with Crippen molar-refractivity contribution in [2.24, 2.45) is 0 Å². The molecule has 2 N–H and O–H groups in total. The summed E-state index contributed by atoms with van der Waals surface area (Å²) in [5.41, 5.74) is 11.9. The third-order valence-electron chi connectivity index (χ3n) is 8.63. The number of likely N-dealkylation sites (tertiary alicyclic amines) is 1. The van der Waals surface area contributed by atoms with Gasteiger partial charge in [-0.1, -0.05) is 29.8 Å². The van der Waals surface area contributed by atoms with E-state index in [0.717, 1.165) is 49.4 Å². The van der Waals surface area contributed by atoms with Crippen LogP contribution in [0.1, 0.15) is 63.2 Å². The van der Waals surface area contributed by atoms with E-state index in [1.54, 1.807) is 0 Å². The van der Waals surface area contributed by atoms with Crippen molar-refractivity contribution >= 4 is 81.7 Å². The molecule has 1 aliphatic heterocycles. The molecule has 1 aromatic heterocycles. The van der Waals surface area contributed by atoms with Crippen LogP contribution >= 0.6 is 59.9 Å². The van der Waals surface area contributed by atoms with Gasteiger partial charge < -0.3 is 10.1 Å². The molecule has 3 aromatic carbocycles. The normalized spacial score (nSPS) is 15.8. The van der Waals surface area contributed by atoms with E-state index in [1.165, 1.54) is 55.2 Å². The third-order valence-corrected chi connectivity index (χ3v) is 8.63. The first-order valence-electron chi connectivity index (χ1n) is 13.0. The third kappa shape index (κ3) is 6.28. The number of benzene rings is 3. The number of aryl methyl sites for hydroxylation is 5. The van der Waals surface area contributed by atoms with Gasteiger partial charge in [0.05, 0.1) is 23.2 Å². The molecule has 1 aliphatic rings. The molecule has 5 rings (SSSR count). The predicted molar refractivity (Wildman–Crippen MR) is 184 cm³/mol. The molecule has 0 atom stereocenters. The second kappa shape index (κ2) is 12.5. The molecule has 38 heavy (non-hydrogen) atoms. The van der Waals surface area contributed by atoms with Crippen molar-refractivity contribution in [2.75, 3.05) is 13.1 Å². The Bertz CT molecular complexity index is 1470. The van der Waals surface area contributed by atoms with E-state index >= 15 is 0 Å². The van der Waals surface area contributed by atoms with E-state index in [4.69, 9.17) is 4.98 Å². The number of H-pyrrole nitrogens is 1. The van der Waals surface area contributed by atoms with Crippen LogP contribution in [0, 0.1) is 48.5 Å². The van der Waals surface area contributed by atoms with Crippen LogP contribution in [0.5, 0.6) is 0 Å². The van der Waals surface area contributed by atoms with Crippen LogP contribution in [0.15, 0.2) is 24.3 Å². The molecule has 0 radical (unpaired) electrons. The summed E-state index contributed by atoms with van der Waals surface area (Å²) in [6.45, 7) is 18.0. The Morgan fingerprint density at radius 3 is 1.87 bits per heavy atom. The first kappa shape index (κ1) is 31.0. The van der Waals surface area contributed by atoms with Gasteiger partial charge in [-0.15, -0.1) is 0 Å². The number of nitrogens with zero attached hydrogens (tertiary/aromatic N) is 2. The number of aromatic nitrogens is 2. The molecule has 0 spiro atoms. The second-order valence-electron chi connectivity index (χ2n) is 10.8. The number of imidazole rings is 1. The van der Waals surface area contributed by atoms with E-state index in [0.29, 0.717) is 0 Å². The summed E-state index contributed by atoms with van der Waals surface area (Å²) in [4.78, 5) is 10.9. The van der Waals surface area contributed by atoms with Gasteiger partial charge in [0.15, 0.2) is 0 Å². The van der Waals surface area contributed by atoms with Gasteiger partial charge in [0.2, 0.25) is 0 Å². The zero-order chi connectivity index (χ0) is 27.9. The molecule has 0 saturated carbocycles. The summed E-state index contributed by atoms with van der Waals surface area (Å²) in [5, 5.41) is 14.0. The van der Waals surface area contributed by atoms with E-state index < -0.39 is 5.60 Å². The molecule has 4 nitrogen and oxygen atoms in total. The minimum atomic E-state index is -0.730. The second-order valence-corrected chi connectivity index (χ2v) is 46.1. The Morgan fingerprint density at radius 1 is 0.816 bits per heavy atom. The number of hydrogen-bond donors (Lipinski definition) is 2. The first-order valence-corrected chi connectivity index (χ1v) is 26.5. The molecule has 1 saturated heterocycles. The fraction of sp³-hybridized carbons (Fsp3) is 0.433. The van der Waals surface area contributed by atoms with Gasteiger partial charge in [-0.25, -0.2) is 4.98 Å². The summed E-state index contributed by atoms with van der Waals surface area (Å²) in [5.74, 6) is 1.01. The van der Waals surface area contributed by atoms with Crippen LogP contribution < -0.4 is 0 Å². The van der Waals surface area contributed by atoms with Gasteiger partial charge in [-0.3, -0.25) is 4.90 Å². The molecule has 0 aliphatic carbocycles. The average Bonchev–Trinajstić information content (AvgIpc) is 3.28. The average molecular weight is 887 g/mol. The number of nitrogens with one attached hydrogen (secondary N) is 1. The Hall–Kier alpha value is 0.0844. The molecule has 0 unspecified atom stereocenters. The Labute approximate surface area is 264 Å². The summed E-state index contributed by atoms with van der Waals surface area (Å²) >= 11 is 7.39. The molecular formula is C30H37I3N3OV. The SMILES string of the molecule is Cc1ccc(C2(O)CCN(Cc3nc4c(C)c(C)c5c(C)c(C)c(C)c(C)c5c4[nH]3)CC2)cc1.[I][V]([I])[I]. The van der Waals surface area contributed by atoms with Crippen LogP contribution in [0.4, 0.5) is 0 Å². The van der Waals surface area contributed by atoms with Gasteiger partial charge in [-0.05, 0) is 106 Å². The van der Waals surface area contributed by atoms with Crippen LogP contribution in [-0.2, 0) is 17.1 Å². The molecular weight excluding hydrogens is 850 g/mol. The van der Waals surface area contributed by atoms with E-state index in [1.807, 2.05) is 0 Å². The van der Waals surface area contributed by atoms with Crippen LogP contribution in [0.25, 0.3) is 21.8 Å². The zero-order valence-corrected chi connectivity index (χ0v) is 31.1. The first-order chi connectivity index (χ1) is 17.8. The van der Waals surface area contributed by atoms with Gasteiger partial charge in [0.1, 0.15) is 5.82 Å². The van der Waals surface area contributed by atoms with Crippen molar-refractivity contribution in [3.63, 3.8) is 0 Å². The van der Waals surface area contributed by atoms with Crippen molar-refractivity contribution in [2.45, 2.75) is 73.5 Å². The summed E-state index contributed by atoms with van der Waals surface area (Å²) in [6, 6.07) is 8.34. The van der Waals surface area contributed by atoms with Crippen molar-refractivity contribution < 1.29 is 10.0 Å². The van der Waals surface area contributed by atoms with Crippen LogP contribution in [-0.4, -0.2) is 33.1 Å². The Balaban J connectivity index is 0.000000786. The molecule has 2 heterocycles. The van der Waals surface area contributed by atoms with Gasteiger partial charge in [0.25, 0.3) is 0 Å². The molecule has 1 fully saturated rings. The molecule has 8 heteroatoms. The molecule has 4 aromatic rings. The van der Waals surface area contributed by atoms with Crippen molar-refractivity contribution in [1.82, 2.24) is 14.9 Å². The number of piperidine rings is 1. The van der Waals surface area contributed by atoms with E-state index in [9.17, 15) is 5.11 Å². The van der Waals surface area contributed by atoms with E-state index in [-0.39, 0.29) is 4.92 Å². The van der Waals surface area contributed by atoms with Crippen LogP contribution in [0.2, 0.25) is 0 Å². The molecule has 0 bridgehead atoms. The van der Waals surface area contributed by atoms with Gasteiger partial charge in [-0.2, -0.15) is 0 Å². The maximum absolute atomic E-state index is 11.3. The Morgan fingerprint density at radius 2 is 1.32 bits per heavy atom. The zero-order valence-electron chi connectivity index (χ0n) is 23.3. The number of hydrogen-bond acceptors (Lipinski definition) is 3. The standard InChI is InChI=1S/C30H37N3O.3HI.V/c1-17-8-10-24(11-9-17)30(34)12-14-33(15-13-30)16-25-31-28-23(7)22(6)26-20(4)18(2)19(3)21(5)27(26)29(28)32-25;;;;/h8-11,34H,12-16H2,1-7H3,(H,31,32);3*1H;/q;;;;+3/p-3. The maximum atomic E-state index is 11.3. The van der Waals surface area contributed by atoms with Crippen LogP contribution in [0.3, 0.4) is 0 Å². The van der Waals surface area contributed by atoms with Gasteiger partial charge in [0, 0.05) is 18.5 Å². The number of aromatic amines is 1. The minimum absolute atomic E-state index is 0.278. The Kier molecular flexibility index (Phi) is 10.2. The summed E-state index contributed by atoms with van der Waals surface area (Å²) in [7, 11) is 0. The molecule has 204 valence electrons. The molecule has 0 amide bonds. The number of halogens is 3. The van der Waals surface area contributed by atoms with Crippen molar-refractivity contribution in [1.29, 1.82) is 0 Å².